The molecule has 0 amide bonds. The van der Waals surface area contributed by atoms with Crippen molar-refractivity contribution >= 4 is 29.2 Å². The normalized spacial score (nSPS) is 25.4. The Bertz CT molecular complexity index is 515. The number of halogens is 2. The molecule has 2 aliphatic rings. The Kier molecular flexibility index (Phi) is 3.59. The quantitative estimate of drug-likeness (QED) is 0.929. The molecule has 1 aliphatic carbocycles. The summed E-state index contributed by atoms with van der Waals surface area (Å²) in [7, 11) is 2.07. The number of rotatable bonds is 3. The van der Waals surface area contributed by atoms with Crippen molar-refractivity contribution in [2.45, 2.75) is 12.3 Å². The third-order valence-electron chi connectivity index (χ3n) is 3.87. The molecule has 0 bridgehead atoms. The summed E-state index contributed by atoms with van der Waals surface area (Å²) in [6.45, 7) is 2.88. The molecule has 5 heteroatoms. The third kappa shape index (κ3) is 2.82. The molecule has 0 unspecified atom stereocenters. The number of benzene rings is 1. The van der Waals surface area contributed by atoms with Crippen LogP contribution >= 0.6 is 23.2 Å². The van der Waals surface area contributed by atoms with Crippen molar-refractivity contribution < 1.29 is 0 Å². The van der Waals surface area contributed by atoms with Crippen molar-refractivity contribution in [2.24, 2.45) is 10.9 Å². The Morgan fingerprint density at radius 3 is 2.95 bits per heavy atom. The van der Waals surface area contributed by atoms with Gasteiger partial charge in [-0.2, -0.15) is 0 Å². The number of likely N-dealkylation sites (N-methyl/N-ethyl adjacent to an activating group) is 1. The van der Waals surface area contributed by atoms with Crippen LogP contribution in [0.2, 0.25) is 10.0 Å². The fraction of sp³-hybridized carbons (Fsp3) is 0.500. The van der Waals surface area contributed by atoms with Gasteiger partial charge in [0.15, 0.2) is 5.96 Å². The molecule has 0 saturated heterocycles. The summed E-state index contributed by atoms with van der Waals surface area (Å²) in [5.41, 5.74) is 1.22. The van der Waals surface area contributed by atoms with Crippen molar-refractivity contribution in [2.75, 3.05) is 26.7 Å². The first-order valence-electron chi connectivity index (χ1n) is 6.59. The molecule has 1 fully saturated rings. The van der Waals surface area contributed by atoms with Crippen molar-refractivity contribution in [1.29, 1.82) is 0 Å². The number of hydrogen-bond acceptors (Lipinski definition) is 3. The number of nitrogens with one attached hydrogen (secondary N) is 1. The molecular weight excluding hydrogens is 281 g/mol. The van der Waals surface area contributed by atoms with Crippen LogP contribution in [-0.4, -0.2) is 37.5 Å². The molecule has 102 valence electrons. The molecule has 1 N–H and O–H groups in total. The topological polar surface area (TPSA) is 27.6 Å². The number of aliphatic imine (C=N–C) groups is 1. The van der Waals surface area contributed by atoms with E-state index < -0.39 is 0 Å². The van der Waals surface area contributed by atoms with E-state index >= 15 is 0 Å². The highest BCUT2D eigenvalue weighted by atomic mass is 35.5. The molecule has 1 aliphatic heterocycles. The summed E-state index contributed by atoms with van der Waals surface area (Å²) >= 11 is 12.2. The third-order valence-corrected chi connectivity index (χ3v) is 4.43. The van der Waals surface area contributed by atoms with E-state index in [1.807, 2.05) is 12.1 Å². The van der Waals surface area contributed by atoms with Crippen LogP contribution in [0.4, 0.5) is 0 Å². The number of hydrogen-bond donors (Lipinski definition) is 1. The van der Waals surface area contributed by atoms with E-state index in [1.165, 1.54) is 12.0 Å². The molecule has 1 aromatic rings. The largest absolute Gasteiger partial charge is 0.356 e. The summed E-state index contributed by atoms with van der Waals surface area (Å²) in [5.74, 6) is 2.23. The maximum Gasteiger partial charge on any atom is 0.193 e. The van der Waals surface area contributed by atoms with E-state index in [0.717, 1.165) is 30.6 Å². The number of guanidine groups is 1. The fourth-order valence-corrected chi connectivity index (χ4v) is 3.15. The zero-order chi connectivity index (χ0) is 13.4. The van der Waals surface area contributed by atoms with Gasteiger partial charge in [-0.3, -0.25) is 4.99 Å². The van der Waals surface area contributed by atoms with Crippen molar-refractivity contribution in [3.63, 3.8) is 0 Å². The minimum atomic E-state index is 0.560. The Morgan fingerprint density at radius 2 is 2.26 bits per heavy atom. The van der Waals surface area contributed by atoms with Gasteiger partial charge >= 0.3 is 0 Å². The molecule has 0 radical (unpaired) electrons. The second-order valence-corrected chi connectivity index (χ2v) is 6.12. The first-order chi connectivity index (χ1) is 9.15. The minimum Gasteiger partial charge on any atom is -0.356 e. The van der Waals surface area contributed by atoms with Gasteiger partial charge in [0.25, 0.3) is 0 Å². The first-order valence-corrected chi connectivity index (χ1v) is 7.35. The highest BCUT2D eigenvalue weighted by molar-refractivity contribution is 6.35. The molecule has 3 rings (SSSR count). The monoisotopic (exact) mass is 297 g/mol. The maximum absolute atomic E-state index is 6.24. The lowest BCUT2D eigenvalue weighted by Gasteiger charge is -2.15. The molecule has 1 aromatic carbocycles. The van der Waals surface area contributed by atoms with Gasteiger partial charge in [0.2, 0.25) is 0 Å². The lowest BCUT2D eigenvalue weighted by Crippen LogP contribution is -2.36. The van der Waals surface area contributed by atoms with Crippen LogP contribution in [0, 0.1) is 5.92 Å². The Labute approximate surface area is 123 Å². The average molecular weight is 298 g/mol. The van der Waals surface area contributed by atoms with Gasteiger partial charge < -0.3 is 10.2 Å². The first kappa shape index (κ1) is 13.1. The Balaban J connectivity index is 1.56. The Hall–Kier alpha value is -0.930. The highest BCUT2D eigenvalue weighted by Crippen LogP contribution is 2.49. The van der Waals surface area contributed by atoms with E-state index in [1.54, 1.807) is 0 Å². The van der Waals surface area contributed by atoms with Crippen LogP contribution in [0.15, 0.2) is 23.2 Å². The van der Waals surface area contributed by atoms with Gasteiger partial charge in [0, 0.05) is 30.2 Å². The van der Waals surface area contributed by atoms with Gasteiger partial charge in [-0.05, 0) is 36.0 Å². The van der Waals surface area contributed by atoms with Crippen LogP contribution in [0.3, 0.4) is 0 Å². The second-order valence-electron chi connectivity index (χ2n) is 5.28. The SMILES string of the molecule is CN1CCN=C1NC[C@@H]1C[C@H]1c1ccc(Cl)cc1Cl. The molecule has 1 saturated carbocycles. The van der Waals surface area contributed by atoms with Gasteiger partial charge in [0.1, 0.15) is 0 Å². The van der Waals surface area contributed by atoms with Crippen molar-refractivity contribution in [1.82, 2.24) is 10.2 Å². The summed E-state index contributed by atoms with van der Waals surface area (Å²) in [4.78, 5) is 6.59. The van der Waals surface area contributed by atoms with Crippen molar-refractivity contribution in [3.05, 3.63) is 33.8 Å². The standard InChI is InChI=1S/C14H17Cl2N3/c1-19-5-4-17-14(19)18-8-9-6-12(9)11-3-2-10(15)7-13(11)16/h2-3,7,9,12H,4-6,8H2,1H3,(H,17,18)/t9-,12+/m0/s1. The molecule has 1 heterocycles. The summed E-state index contributed by atoms with van der Waals surface area (Å²) in [6.07, 6.45) is 1.19. The van der Waals surface area contributed by atoms with Crippen LogP contribution in [0.5, 0.6) is 0 Å². The van der Waals surface area contributed by atoms with Gasteiger partial charge in [-0.1, -0.05) is 29.3 Å². The highest BCUT2D eigenvalue weighted by Gasteiger charge is 2.39. The molecular formula is C14H17Cl2N3. The van der Waals surface area contributed by atoms with E-state index in [9.17, 15) is 0 Å². The van der Waals surface area contributed by atoms with Gasteiger partial charge in [-0.15, -0.1) is 0 Å². The van der Waals surface area contributed by atoms with E-state index in [0.29, 0.717) is 16.9 Å². The molecule has 0 spiro atoms. The molecule has 19 heavy (non-hydrogen) atoms. The Morgan fingerprint density at radius 1 is 1.42 bits per heavy atom. The van der Waals surface area contributed by atoms with E-state index in [4.69, 9.17) is 23.2 Å². The van der Waals surface area contributed by atoms with Crippen molar-refractivity contribution in [3.8, 4) is 0 Å². The zero-order valence-electron chi connectivity index (χ0n) is 10.9. The smallest absolute Gasteiger partial charge is 0.193 e. The summed E-state index contributed by atoms with van der Waals surface area (Å²) in [6, 6.07) is 5.80. The molecule has 0 aromatic heterocycles. The summed E-state index contributed by atoms with van der Waals surface area (Å²) in [5, 5.41) is 4.92. The van der Waals surface area contributed by atoms with Crippen LogP contribution < -0.4 is 5.32 Å². The number of nitrogens with zero attached hydrogens (tertiary/aromatic N) is 2. The maximum atomic E-state index is 6.24. The zero-order valence-corrected chi connectivity index (χ0v) is 12.4. The van der Waals surface area contributed by atoms with E-state index in [2.05, 4.69) is 28.3 Å². The summed E-state index contributed by atoms with van der Waals surface area (Å²) < 4.78 is 0. The minimum absolute atomic E-state index is 0.560. The van der Waals surface area contributed by atoms with Crippen LogP contribution in [0.1, 0.15) is 17.9 Å². The average Bonchev–Trinajstić information content (AvgIpc) is 3.01. The van der Waals surface area contributed by atoms with Gasteiger partial charge in [0.05, 0.1) is 6.54 Å². The van der Waals surface area contributed by atoms with Crippen LogP contribution in [0.25, 0.3) is 0 Å². The van der Waals surface area contributed by atoms with Gasteiger partial charge in [-0.25, -0.2) is 0 Å². The predicted octanol–water partition coefficient (Wildman–Crippen LogP) is 2.99. The molecule has 2 atom stereocenters. The fourth-order valence-electron chi connectivity index (χ4n) is 2.60. The predicted molar refractivity (Wildman–Crippen MR) is 80.2 cm³/mol. The lowest BCUT2D eigenvalue weighted by atomic mass is 10.1. The lowest BCUT2D eigenvalue weighted by molar-refractivity contribution is 0.530. The molecule has 3 nitrogen and oxygen atoms in total. The van der Waals surface area contributed by atoms with Crippen LogP contribution in [-0.2, 0) is 0 Å². The van der Waals surface area contributed by atoms with E-state index in [-0.39, 0.29) is 0 Å². The second kappa shape index (κ2) is 5.22.